The molecule has 2 saturated heterocycles. The van der Waals surface area contributed by atoms with E-state index in [1.54, 1.807) is 0 Å². The fourth-order valence-electron chi connectivity index (χ4n) is 8.49. The number of hydrogen-bond acceptors (Lipinski definition) is 4. The van der Waals surface area contributed by atoms with E-state index in [-0.39, 0.29) is 54.5 Å². The molecule has 7 atom stereocenters. The summed E-state index contributed by atoms with van der Waals surface area (Å²) in [5, 5.41) is 0. The van der Waals surface area contributed by atoms with Crippen molar-refractivity contribution < 1.29 is 19.2 Å². The van der Waals surface area contributed by atoms with Gasteiger partial charge in [0.2, 0.25) is 23.6 Å². The molecule has 2 aliphatic heterocycles. The number of allylic oxidation sites excluding steroid dienone is 4. The topological polar surface area (TPSA) is 74.8 Å². The molecule has 4 amide bonds. The zero-order valence-electron chi connectivity index (χ0n) is 23.0. The molecule has 9 rings (SSSR count). The second kappa shape index (κ2) is 9.48. The van der Waals surface area contributed by atoms with E-state index in [1.165, 1.54) is 9.80 Å². The quantitative estimate of drug-likeness (QED) is 0.333. The van der Waals surface area contributed by atoms with Gasteiger partial charge in [0.15, 0.2) is 0 Å². The molecule has 4 aliphatic carbocycles. The SMILES string of the molecule is O=C1[C@@H]2[C@H]3C(=C(c4ccccc4)C[C@@H]2C(=O)N1Cc1ccccc1)[C@H]1C=C[C@@H]3[C@@H]2C(=O)N(Cc3ccccc3)C(=O)[C@@H]21. The first kappa shape index (κ1) is 25.2. The number of imide groups is 2. The van der Waals surface area contributed by atoms with Crippen molar-refractivity contribution in [2.75, 3.05) is 0 Å². The number of likely N-dealkylation sites (tertiary alicyclic amines) is 2. The Bertz CT molecular complexity index is 1680. The summed E-state index contributed by atoms with van der Waals surface area (Å²) in [6, 6.07) is 29.2. The molecule has 0 N–H and O–H groups in total. The van der Waals surface area contributed by atoms with Crippen LogP contribution in [0.25, 0.3) is 5.57 Å². The van der Waals surface area contributed by atoms with Crippen molar-refractivity contribution in [3.8, 4) is 0 Å². The molecule has 0 radical (unpaired) electrons. The standard InChI is InChI=1S/C36H30N2O4/c39-33-27-18-26(23-14-8-3-9-15-23)28-24-16-17-25(29(28)32(27)36(42)37(33)19-21-10-4-1-5-11-21)31-30(24)34(40)38(35(31)41)20-22-12-6-2-7-13-22/h1-17,24-25,27,29-32H,18-20H2/t24-,25+,27+,29-,30-,31+,32+/m1/s1. The van der Waals surface area contributed by atoms with Crippen LogP contribution in [0.3, 0.4) is 0 Å². The average molecular weight is 555 g/mol. The fraction of sp³-hybridized carbons (Fsp3) is 0.278. The number of rotatable bonds is 5. The lowest BCUT2D eigenvalue weighted by Gasteiger charge is -2.51. The predicted molar refractivity (Wildman–Crippen MR) is 156 cm³/mol. The predicted octanol–water partition coefficient (Wildman–Crippen LogP) is 4.88. The normalized spacial score (nSPS) is 31.1. The van der Waals surface area contributed by atoms with E-state index in [0.717, 1.165) is 27.8 Å². The summed E-state index contributed by atoms with van der Waals surface area (Å²) in [6.07, 6.45) is 4.63. The van der Waals surface area contributed by atoms with Gasteiger partial charge in [-0.25, -0.2) is 0 Å². The first-order chi connectivity index (χ1) is 20.5. The Labute approximate surface area is 244 Å². The van der Waals surface area contributed by atoms with Crippen LogP contribution in [-0.2, 0) is 32.3 Å². The van der Waals surface area contributed by atoms with Gasteiger partial charge < -0.3 is 0 Å². The number of amides is 4. The van der Waals surface area contributed by atoms with Crippen molar-refractivity contribution in [3.05, 3.63) is 125 Å². The van der Waals surface area contributed by atoms with Gasteiger partial charge >= 0.3 is 0 Å². The Balaban J connectivity index is 1.23. The minimum atomic E-state index is -0.534. The highest BCUT2D eigenvalue weighted by Crippen LogP contribution is 2.63. The lowest BCUT2D eigenvalue weighted by Crippen LogP contribution is -2.51. The Kier molecular flexibility index (Phi) is 5.68. The minimum absolute atomic E-state index is 0.131. The number of nitrogens with zero attached hydrogens (tertiary/aromatic N) is 2. The summed E-state index contributed by atoms with van der Waals surface area (Å²) in [5.41, 5.74) is 4.99. The molecule has 6 heteroatoms. The monoisotopic (exact) mass is 554 g/mol. The molecule has 2 heterocycles. The molecule has 208 valence electrons. The van der Waals surface area contributed by atoms with Crippen molar-refractivity contribution in [3.63, 3.8) is 0 Å². The molecule has 0 spiro atoms. The molecular formula is C36H30N2O4. The third-order valence-corrected chi connectivity index (χ3v) is 10.2. The maximum Gasteiger partial charge on any atom is 0.234 e. The van der Waals surface area contributed by atoms with Crippen LogP contribution in [0.5, 0.6) is 0 Å². The Morgan fingerprint density at radius 3 is 1.69 bits per heavy atom. The van der Waals surface area contributed by atoms with Crippen LogP contribution >= 0.6 is 0 Å². The third kappa shape index (κ3) is 3.57. The van der Waals surface area contributed by atoms with Crippen molar-refractivity contribution in [2.45, 2.75) is 19.5 Å². The number of fused-ring (bicyclic) bond motifs is 1. The largest absolute Gasteiger partial charge is 0.278 e. The first-order valence-electron chi connectivity index (χ1n) is 14.8. The molecular weight excluding hydrogens is 524 g/mol. The molecule has 0 unspecified atom stereocenters. The van der Waals surface area contributed by atoms with Gasteiger partial charge in [0.05, 0.1) is 36.8 Å². The third-order valence-electron chi connectivity index (χ3n) is 10.2. The second-order valence-electron chi connectivity index (χ2n) is 12.2. The van der Waals surface area contributed by atoms with Gasteiger partial charge in [-0.2, -0.15) is 0 Å². The second-order valence-corrected chi connectivity index (χ2v) is 12.2. The number of carbonyl (C=O) groups is 4. The van der Waals surface area contributed by atoms with Crippen molar-refractivity contribution in [1.29, 1.82) is 0 Å². The minimum Gasteiger partial charge on any atom is -0.278 e. The van der Waals surface area contributed by atoms with Crippen molar-refractivity contribution >= 4 is 29.2 Å². The average Bonchev–Trinajstić information content (AvgIpc) is 3.43. The van der Waals surface area contributed by atoms with Crippen LogP contribution in [-0.4, -0.2) is 33.4 Å². The maximum atomic E-state index is 14.2. The van der Waals surface area contributed by atoms with Gasteiger partial charge in [-0.3, -0.25) is 29.0 Å². The van der Waals surface area contributed by atoms with E-state index in [2.05, 4.69) is 24.3 Å². The molecule has 6 nitrogen and oxygen atoms in total. The Morgan fingerprint density at radius 2 is 1.07 bits per heavy atom. The van der Waals surface area contributed by atoms with E-state index < -0.39 is 23.7 Å². The summed E-state index contributed by atoms with van der Waals surface area (Å²) in [6.45, 7) is 0.487. The molecule has 3 aromatic rings. The molecule has 3 aromatic carbocycles. The van der Waals surface area contributed by atoms with E-state index in [0.29, 0.717) is 6.42 Å². The van der Waals surface area contributed by atoms with E-state index in [4.69, 9.17) is 0 Å². The number of carbonyl (C=O) groups excluding carboxylic acids is 4. The summed E-state index contributed by atoms with van der Waals surface area (Å²) in [7, 11) is 0. The van der Waals surface area contributed by atoms with Crippen molar-refractivity contribution in [2.24, 2.45) is 41.4 Å². The van der Waals surface area contributed by atoms with E-state index in [9.17, 15) is 19.2 Å². The van der Waals surface area contributed by atoms with Crippen LogP contribution in [0.15, 0.2) is 109 Å². The van der Waals surface area contributed by atoms with Crippen molar-refractivity contribution in [1.82, 2.24) is 9.80 Å². The highest BCUT2D eigenvalue weighted by atomic mass is 16.2. The lowest BCUT2D eigenvalue weighted by molar-refractivity contribution is -0.143. The zero-order chi connectivity index (χ0) is 28.5. The summed E-state index contributed by atoms with van der Waals surface area (Å²) in [4.78, 5) is 59.0. The number of hydrogen-bond donors (Lipinski definition) is 0. The first-order valence-corrected chi connectivity index (χ1v) is 14.8. The summed E-state index contributed by atoms with van der Waals surface area (Å²) < 4.78 is 0. The van der Waals surface area contributed by atoms with E-state index in [1.807, 2.05) is 78.9 Å². The van der Waals surface area contributed by atoms with E-state index >= 15 is 0 Å². The van der Waals surface area contributed by atoms with Gasteiger partial charge in [-0.15, -0.1) is 0 Å². The van der Waals surface area contributed by atoms with Crippen LogP contribution in [0, 0.1) is 41.4 Å². The Morgan fingerprint density at radius 1 is 0.548 bits per heavy atom. The maximum absolute atomic E-state index is 14.2. The van der Waals surface area contributed by atoms with Gasteiger partial charge in [0.1, 0.15) is 0 Å². The van der Waals surface area contributed by atoms with Crippen LogP contribution < -0.4 is 0 Å². The highest BCUT2D eigenvalue weighted by Gasteiger charge is 2.66. The molecule has 3 fully saturated rings. The van der Waals surface area contributed by atoms with Crippen LogP contribution in [0.1, 0.15) is 23.1 Å². The van der Waals surface area contributed by atoms with Gasteiger partial charge in [-0.05, 0) is 34.6 Å². The van der Waals surface area contributed by atoms with Crippen LogP contribution in [0.2, 0.25) is 0 Å². The lowest BCUT2D eigenvalue weighted by atomic mass is 9.49. The fourth-order valence-corrected chi connectivity index (χ4v) is 8.49. The Hall–Kier alpha value is -4.58. The molecule has 0 aromatic heterocycles. The van der Waals surface area contributed by atoms with Crippen LogP contribution in [0.4, 0.5) is 0 Å². The van der Waals surface area contributed by atoms with Gasteiger partial charge in [-0.1, -0.05) is 109 Å². The highest BCUT2D eigenvalue weighted by molar-refractivity contribution is 6.09. The molecule has 42 heavy (non-hydrogen) atoms. The number of benzene rings is 3. The van der Waals surface area contributed by atoms with Gasteiger partial charge in [0, 0.05) is 11.8 Å². The molecule has 6 aliphatic rings. The van der Waals surface area contributed by atoms with Gasteiger partial charge in [0.25, 0.3) is 0 Å². The molecule has 1 saturated carbocycles. The zero-order valence-corrected chi connectivity index (χ0v) is 23.0. The summed E-state index contributed by atoms with van der Waals surface area (Å²) in [5.74, 6) is -3.48. The molecule has 2 bridgehead atoms. The smallest absolute Gasteiger partial charge is 0.234 e. The summed E-state index contributed by atoms with van der Waals surface area (Å²) >= 11 is 0.